The van der Waals surface area contributed by atoms with Crippen LogP contribution in [-0.2, 0) is 10.0 Å². The van der Waals surface area contributed by atoms with Crippen LogP contribution in [0.5, 0.6) is 0 Å². The average Bonchev–Trinajstić information content (AvgIpc) is 3.30. The van der Waals surface area contributed by atoms with E-state index in [2.05, 4.69) is 0 Å². The number of halogens is 5. The first-order valence-corrected chi connectivity index (χ1v) is 9.70. The van der Waals surface area contributed by atoms with E-state index >= 15 is 0 Å². The molecule has 0 saturated heterocycles. The molecule has 2 aliphatic rings. The molecule has 0 bridgehead atoms. The van der Waals surface area contributed by atoms with Gasteiger partial charge in [0.1, 0.15) is 0 Å². The first-order chi connectivity index (χ1) is 13.0. The molecule has 2 aromatic carbocycles. The highest BCUT2D eigenvalue weighted by molar-refractivity contribution is 7.89. The number of hydrogen-bond donors (Lipinski definition) is 1. The standard InChI is InChI=1S/C19H12F5NO2S/c20-14-13(15(21)17(23)18(24)16(14)22)12-8-19(5-6-19)7-11(12)9-1-3-10(4-2-9)28(25,26)27/h1-4,7-8H,5-6H2,(H2,25,26,27). The SMILES string of the molecule is NS(=O)(=O)c1ccc(C2=CC3(C=C2c2c(F)c(F)c(F)c(F)c2F)CC3)cc1. The molecular weight excluding hydrogens is 401 g/mol. The number of benzene rings is 2. The van der Waals surface area contributed by atoms with Gasteiger partial charge in [-0.2, -0.15) is 0 Å². The van der Waals surface area contributed by atoms with Crippen LogP contribution in [0.3, 0.4) is 0 Å². The van der Waals surface area contributed by atoms with Gasteiger partial charge in [0.25, 0.3) is 0 Å². The fourth-order valence-corrected chi connectivity index (χ4v) is 3.83. The van der Waals surface area contributed by atoms with Crippen molar-refractivity contribution >= 4 is 21.2 Å². The Labute approximate surface area is 157 Å². The number of allylic oxidation sites excluding steroid dienone is 4. The molecule has 28 heavy (non-hydrogen) atoms. The molecule has 1 fully saturated rings. The van der Waals surface area contributed by atoms with E-state index in [4.69, 9.17) is 5.14 Å². The van der Waals surface area contributed by atoms with Crippen molar-refractivity contribution in [3.8, 4) is 0 Å². The first-order valence-electron chi connectivity index (χ1n) is 8.15. The quantitative estimate of drug-likeness (QED) is 0.464. The third kappa shape index (κ3) is 2.85. The minimum Gasteiger partial charge on any atom is -0.225 e. The van der Waals surface area contributed by atoms with Gasteiger partial charge in [0.2, 0.25) is 15.8 Å². The third-order valence-electron chi connectivity index (χ3n) is 4.95. The molecule has 2 aliphatic carbocycles. The number of hydrogen-bond acceptors (Lipinski definition) is 2. The van der Waals surface area contributed by atoms with Gasteiger partial charge in [0.05, 0.1) is 10.5 Å². The molecular formula is C19H12F5NO2S. The highest BCUT2D eigenvalue weighted by Gasteiger charge is 2.44. The second kappa shape index (κ2) is 5.99. The summed E-state index contributed by atoms with van der Waals surface area (Å²) in [6.07, 6.45) is 4.54. The van der Waals surface area contributed by atoms with Crippen LogP contribution in [-0.4, -0.2) is 8.42 Å². The van der Waals surface area contributed by atoms with Crippen molar-refractivity contribution in [1.82, 2.24) is 0 Å². The van der Waals surface area contributed by atoms with Gasteiger partial charge in [-0.3, -0.25) is 0 Å². The largest absolute Gasteiger partial charge is 0.238 e. The van der Waals surface area contributed by atoms with E-state index in [0.29, 0.717) is 18.4 Å². The van der Waals surface area contributed by atoms with Gasteiger partial charge >= 0.3 is 0 Å². The summed E-state index contributed by atoms with van der Waals surface area (Å²) in [6.45, 7) is 0. The van der Waals surface area contributed by atoms with Crippen LogP contribution < -0.4 is 5.14 Å². The summed E-state index contributed by atoms with van der Waals surface area (Å²) in [6, 6.07) is 5.15. The molecule has 0 radical (unpaired) electrons. The maximum atomic E-state index is 14.4. The van der Waals surface area contributed by atoms with Crippen LogP contribution in [0.2, 0.25) is 0 Å². The molecule has 4 rings (SSSR count). The van der Waals surface area contributed by atoms with Crippen LogP contribution in [0.25, 0.3) is 11.1 Å². The van der Waals surface area contributed by atoms with Crippen molar-refractivity contribution in [3.05, 3.63) is 76.6 Å². The van der Waals surface area contributed by atoms with Gasteiger partial charge in [-0.25, -0.2) is 35.5 Å². The van der Waals surface area contributed by atoms with Crippen LogP contribution in [0, 0.1) is 34.5 Å². The zero-order chi connectivity index (χ0) is 20.4. The predicted octanol–water partition coefficient (Wildman–Crippen LogP) is 4.29. The van der Waals surface area contributed by atoms with Crippen LogP contribution in [0.1, 0.15) is 24.0 Å². The summed E-state index contributed by atoms with van der Waals surface area (Å²) in [4.78, 5) is -0.169. The summed E-state index contributed by atoms with van der Waals surface area (Å²) in [5.74, 6) is -10.1. The number of primary sulfonamides is 1. The molecule has 1 saturated carbocycles. The molecule has 1 spiro atoms. The zero-order valence-electron chi connectivity index (χ0n) is 14.1. The molecule has 3 nitrogen and oxygen atoms in total. The average molecular weight is 413 g/mol. The van der Waals surface area contributed by atoms with Crippen molar-refractivity contribution in [2.75, 3.05) is 0 Å². The first kappa shape index (κ1) is 18.8. The fraction of sp³-hybridized carbons (Fsp3) is 0.158. The highest BCUT2D eigenvalue weighted by Crippen LogP contribution is 2.58. The van der Waals surface area contributed by atoms with Crippen molar-refractivity contribution in [2.24, 2.45) is 10.6 Å². The number of rotatable bonds is 3. The minimum atomic E-state index is -3.94. The van der Waals surface area contributed by atoms with Crippen molar-refractivity contribution in [1.29, 1.82) is 0 Å². The Bertz CT molecular complexity index is 1150. The zero-order valence-corrected chi connectivity index (χ0v) is 14.9. The molecule has 0 atom stereocenters. The normalized spacial score (nSPS) is 17.6. The van der Waals surface area contributed by atoms with E-state index in [0.717, 1.165) is 0 Å². The number of sulfonamides is 1. The van der Waals surface area contributed by atoms with Gasteiger partial charge in [-0.05, 0) is 41.7 Å². The van der Waals surface area contributed by atoms with Gasteiger partial charge in [0.15, 0.2) is 23.3 Å². The number of nitrogens with two attached hydrogens (primary N) is 1. The van der Waals surface area contributed by atoms with Gasteiger partial charge < -0.3 is 0 Å². The second-order valence-electron chi connectivity index (χ2n) is 6.86. The van der Waals surface area contributed by atoms with Crippen LogP contribution >= 0.6 is 0 Å². The van der Waals surface area contributed by atoms with E-state index in [9.17, 15) is 30.4 Å². The Morgan fingerprint density at radius 3 is 1.68 bits per heavy atom. The lowest BCUT2D eigenvalue weighted by molar-refractivity contribution is 0.376. The molecule has 2 N–H and O–H groups in total. The Morgan fingerprint density at radius 2 is 1.21 bits per heavy atom. The monoisotopic (exact) mass is 413 g/mol. The van der Waals surface area contributed by atoms with Gasteiger partial charge in [0, 0.05) is 5.41 Å². The Balaban J connectivity index is 1.88. The summed E-state index contributed by atoms with van der Waals surface area (Å²) in [5, 5.41) is 5.05. The Kier molecular flexibility index (Phi) is 4.03. The molecule has 0 heterocycles. The van der Waals surface area contributed by atoms with Crippen molar-refractivity contribution < 1.29 is 30.4 Å². The second-order valence-corrected chi connectivity index (χ2v) is 8.42. The van der Waals surface area contributed by atoms with Crippen molar-refractivity contribution in [3.63, 3.8) is 0 Å². The highest BCUT2D eigenvalue weighted by atomic mass is 32.2. The Hall–Kier alpha value is -2.52. The van der Waals surface area contributed by atoms with E-state index < -0.39 is 50.1 Å². The van der Waals surface area contributed by atoms with Crippen LogP contribution in [0.4, 0.5) is 22.0 Å². The van der Waals surface area contributed by atoms with E-state index in [1.54, 1.807) is 6.08 Å². The summed E-state index contributed by atoms with van der Waals surface area (Å²) < 4.78 is 92.3. The van der Waals surface area contributed by atoms with Crippen molar-refractivity contribution in [2.45, 2.75) is 17.7 Å². The van der Waals surface area contributed by atoms with E-state index in [1.165, 1.54) is 30.3 Å². The lowest BCUT2D eigenvalue weighted by Crippen LogP contribution is -2.12. The minimum absolute atomic E-state index is 0.117. The topological polar surface area (TPSA) is 60.2 Å². The lowest BCUT2D eigenvalue weighted by atomic mass is 9.94. The fourth-order valence-electron chi connectivity index (χ4n) is 3.32. The van der Waals surface area contributed by atoms with Gasteiger partial charge in [-0.1, -0.05) is 24.3 Å². The van der Waals surface area contributed by atoms with E-state index in [1.807, 2.05) is 0 Å². The molecule has 0 amide bonds. The summed E-state index contributed by atoms with van der Waals surface area (Å²) >= 11 is 0. The van der Waals surface area contributed by atoms with Gasteiger partial charge in [-0.15, -0.1) is 0 Å². The van der Waals surface area contributed by atoms with Crippen LogP contribution in [0.15, 0.2) is 41.3 Å². The lowest BCUT2D eigenvalue weighted by Gasteiger charge is -2.13. The summed E-state index contributed by atoms with van der Waals surface area (Å²) in [7, 11) is -3.94. The predicted molar refractivity (Wildman–Crippen MR) is 91.7 cm³/mol. The maximum absolute atomic E-state index is 14.4. The molecule has 0 unspecified atom stereocenters. The molecule has 146 valence electrons. The smallest absolute Gasteiger partial charge is 0.225 e. The molecule has 0 aliphatic heterocycles. The molecule has 0 aromatic heterocycles. The van der Waals surface area contributed by atoms with E-state index in [-0.39, 0.29) is 16.0 Å². The molecule has 9 heteroatoms. The Morgan fingerprint density at radius 1 is 0.750 bits per heavy atom. The maximum Gasteiger partial charge on any atom is 0.238 e. The molecule has 2 aromatic rings. The third-order valence-corrected chi connectivity index (χ3v) is 5.88. The summed E-state index contributed by atoms with van der Waals surface area (Å²) in [5.41, 5.74) is -0.979.